The third kappa shape index (κ3) is 8.33. The van der Waals surface area contributed by atoms with Crippen LogP contribution in [0.1, 0.15) is 65.0 Å². The van der Waals surface area contributed by atoms with Crippen molar-refractivity contribution in [2.75, 3.05) is 17.1 Å². The first-order chi connectivity index (χ1) is 16.6. The predicted molar refractivity (Wildman–Crippen MR) is 142 cm³/mol. The SMILES string of the molecule is CCC(C(=O)NC(C)(C)C)N(Cc1ccc(F)cc1)C(=O)CN(c1ccc(C(C)C)cc1)S(C)(=O)=O. The molecule has 2 amide bonds. The van der Waals surface area contributed by atoms with Gasteiger partial charge in [-0.05, 0) is 68.5 Å². The number of sulfonamides is 1. The fraction of sp³-hybridized carbons (Fsp3) is 0.481. The molecule has 7 nitrogen and oxygen atoms in total. The molecular weight excluding hydrogens is 481 g/mol. The molecule has 0 aliphatic heterocycles. The molecule has 0 aliphatic carbocycles. The summed E-state index contributed by atoms with van der Waals surface area (Å²) in [5.74, 6) is -1.02. The van der Waals surface area contributed by atoms with Crippen LogP contribution in [0.15, 0.2) is 48.5 Å². The molecule has 0 radical (unpaired) electrons. The lowest BCUT2D eigenvalue weighted by atomic mass is 10.0. The van der Waals surface area contributed by atoms with E-state index >= 15 is 0 Å². The smallest absolute Gasteiger partial charge is 0.244 e. The van der Waals surface area contributed by atoms with Crippen molar-refractivity contribution < 1.29 is 22.4 Å². The Morgan fingerprint density at radius 3 is 2.00 bits per heavy atom. The van der Waals surface area contributed by atoms with Gasteiger partial charge in [0.05, 0.1) is 11.9 Å². The molecule has 1 atom stereocenters. The van der Waals surface area contributed by atoms with Crippen molar-refractivity contribution >= 4 is 27.5 Å². The third-order valence-corrected chi connectivity index (χ3v) is 6.82. The van der Waals surface area contributed by atoms with Gasteiger partial charge >= 0.3 is 0 Å². The molecule has 1 N–H and O–H groups in total. The minimum Gasteiger partial charge on any atom is -0.350 e. The third-order valence-electron chi connectivity index (χ3n) is 5.68. The zero-order valence-electron chi connectivity index (χ0n) is 22.2. The lowest BCUT2D eigenvalue weighted by Crippen LogP contribution is -2.55. The zero-order valence-corrected chi connectivity index (χ0v) is 23.0. The van der Waals surface area contributed by atoms with E-state index in [4.69, 9.17) is 0 Å². The number of nitrogens with zero attached hydrogens (tertiary/aromatic N) is 2. The quantitative estimate of drug-likeness (QED) is 0.503. The van der Waals surface area contributed by atoms with Crippen molar-refractivity contribution in [3.63, 3.8) is 0 Å². The van der Waals surface area contributed by atoms with E-state index in [0.29, 0.717) is 17.7 Å². The number of carbonyl (C=O) groups excluding carboxylic acids is 2. The van der Waals surface area contributed by atoms with Gasteiger partial charge in [0.15, 0.2) is 0 Å². The van der Waals surface area contributed by atoms with Crippen LogP contribution in [-0.2, 0) is 26.2 Å². The van der Waals surface area contributed by atoms with Gasteiger partial charge in [-0.2, -0.15) is 0 Å². The first-order valence-electron chi connectivity index (χ1n) is 12.1. The summed E-state index contributed by atoms with van der Waals surface area (Å²) >= 11 is 0. The zero-order chi connectivity index (χ0) is 27.3. The molecule has 0 aliphatic rings. The highest BCUT2D eigenvalue weighted by Gasteiger charge is 2.33. The van der Waals surface area contributed by atoms with Crippen molar-refractivity contribution in [3.05, 3.63) is 65.5 Å². The highest BCUT2D eigenvalue weighted by atomic mass is 32.2. The molecule has 0 bridgehead atoms. The van der Waals surface area contributed by atoms with Crippen molar-refractivity contribution in [3.8, 4) is 0 Å². The summed E-state index contributed by atoms with van der Waals surface area (Å²) in [7, 11) is -3.80. The lowest BCUT2D eigenvalue weighted by molar-refractivity contribution is -0.141. The Morgan fingerprint density at radius 2 is 1.56 bits per heavy atom. The Labute approximate surface area is 214 Å². The summed E-state index contributed by atoms with van der Waals surface area (Å²) in [5.41, 5.74) is 1.51. The van der Waals surface area contributed by atoms with Crippen LogP contribution in [0.25, 0.3) is 0 Å². The molecule has 0 fully saturated rings. The van der Waals surface area contributed by atoms with Crippen molar-refractivity contribution in [1.29, 1.82) is 0 Å². The topological polar surface area (TPSA) is 86.8 Å². The molecule has 0 saturated carbocycles. The molecule has 0 aromatic heterocycles. The van der Waals surface area contributed by atoms with Crippen LogP contribution in [0.2, 0.25) is 0 Å². The summed E-state index contributed by atoms with van der Waals surface area (Å²) in [6.07, 6.45) is 1.36. The second-order valence-electron chi connectivity index (χ2n) is 10.3. The predicted octanol–water partition coefficient (Wildman–Crippen LogP) is 4.44. The monoisotopic (exact) mass is 519 g/mol. The highest BCUT2D eigenvalue weighted by Crippen LogP contribution is 2.23. The van der Waals surface area contributed by atoms with Gasteiger partial charge in [-0.1, -0.05) is 45.0 Å². The molecular formula is C27H38FN3O4S. The van der Waals surface area contributed by atoms with Gasteiger partial charge in [-0.3, -0.25) is 13.9 Å². The van der Waals surface area contributed by atoms with Crippen LogP contribution in [0.4, 0.5) is 10.1 Å². The van der Waals surface area contributed by atoms with Crippen molar-refractivity contribution in [1.82, 2.24) is 10.2 Å². The molecule has 0 heterocycles. The average Bonchev–Trinajstić information content (AvgIpc) is 2.76. The van der Waals surface area contributed by atoms with Gasteiger partial charge in [0.2, 0.25) is 21.8 Å². The van der Waals surface area contributed by atoms with Crippen LogP contribution in [0.5, 0.6) is 0 Å². The van der Waals surface area contributed by atoms with E-state index < -0.39 is 39.9 Å². The van der Waals surface area contributed by atoms with Crippen molar-refractivity contribution in [2.24, 2.45) is 0 Å². The summed E-state index contributed by atoms with van der Waals surface area (Å²) in [6, 6.07) is 11.9. The van der Waals surface area contributed by atoms with E-state index in [-0.39, 0.29) is 18.4 Å². The molecule has 0 spiro atoms. The Kier molecular flexibility index (Phi) is 9.65. The molecule has 9 heteroatoms. The summed E-state index contributed by atoms with van der Waals surface area (Å²) in [6.45, 7) is 10.9. The van der Waals surface area contributed by atoms with Crippen LogP contribution in [-0.4, -0.2) is 49.5 Å². The number of nitrogens with one attached hydrogen (secondary N) is 1. The van der Waals surface area contributed by atoms with E-state index in [1.54, 1.807) is 31.2 Å². The van der Waals surface area contributed by atoms with E-state index in [0.717, 1.165) is 16.1 Å². The number of amides is 2. The molecule has 1 unspecified atom stereocenters. The minimum absolute atomic E-state index is 0.0269. The van der Waals surface area contributed by atoms with Gasteiger partial charge in [0.1, 0.15) is 18.4 Å². The first-order valence-corrected chi connectivity index (χ1v) is 13.9. The number of benzene rings is 2. The molecule has 36 heavy (non-hydrogen) atoms. The van der Waals surface area contributed by atoms with Gasteiger partial charge in [-0.25, -0.2) is 12.8 Å². The van der Waals surface area contributed by atoms with E-state index in [1.807, 2.05) is 46.8 Å². The Morgan fingerprint density at radius 1 is 1.00 bits per heavy atom. The number of hydrogen-bond acceptors (Lipinski definition) is 4. The average molecular weight is 520 g/mol. The van der Waals surface area contributed by atoms with E-state index in [9.17, 15) is 22.4 Å². The van der Waals surface area contributed by atoms with Gasteiger partial charge < -0.3 is 10.2 Å². The van der Waals surface area contributed by atoms with Crippen LogP contribution in [0.3, 0.4) is 0 Å². The van der Waals surface area contributed by atoms with E-state index in [1.165, 1.54) is 17.0 Å². The first kappa shape index (κ1) is 29.3. The lowest BCUT2D eigenvalue weighted by Gasteiger charge is -2.34. The van der Waals surface area contributed by atoms with Crippen LogP contribution < -0.4 is 9.62 Å². The van der Waals surface area contributed by atoms with Gasteiger partial charge in [0.25, 0.3) is 0 Å². The maximum absolute atomic E-state index is 13.7. The van der Waals surface area contributed by atoms with Crippen LogP contribution >= 0.6 is 0 Å². The normalized spacial score (nSPS) is 12.8. The number of anilines is 1. The molecule has 0 saturated heterocycles. The fourth-order valence-corrected chi connectivity index (χ4v) is 4.65. The molecule has 198 valence electrons. The standard InChI is InChI=1S/C27H38FN3O4S/c1-8-24(26(33)29-27(4,5)6)30(17-20-9-13-22(28)14-10-20)25(32)18-31(36(7,34)35)23-15-11-21(12-16-23)19(2)3/h9-16,19,24H,8,17-18H2,1-7H3,(H,29,33). The second-order valence-corrected chi connectivity index (χ2v) is 12.2. The molecule has 2 rings (SSSR count). The Hall–Kier alpha value is -2.94. The highest BCUT2D eigenvalue weighted by molar-refractivity contribution is 7.92. The van der Waals surface area contributed by atoms with E-state index in [2.05, 4.69) is 5.32 Å². The number of hydrogen-bond donors (Lipinski definition) is 1. The summed E-state index contributed by atoms with van der Waals surface area (Å²) < 4.78 is 39.9. The largest absolute Gasteiger partial charge is 0.350 e. The molecule has 2 aromatic carbocycles. The summed E-state index contributed by atoms with van der Waals surface area (Å²) in [5, 5.41) is 2.91. The minimum atomic E-state index is -3.80. The Balaban J connectivity index is 2.44. The fourth-order valence-electron chi connectivity index (χ4n) is 3.80. The number of rotatable bonds is 10. The van der Waals surface area contributed by atoms with Crippen molar-refractivity contribution in [2.45, 2.75) is 72.0 Å². The Bertz CT molecular complexity index is 1140. The molecule has 2 aromatic rings. The number of carbonyl (C=O) groups is 2. The second kappa shape index (κ2) is 11.9. The maximum Gasteiger partial charge on any atom is 0.244 e. The van der Waals surface area contributed by atoms with Gasteiger partial charge in [0, 0.05) is 12.1 Å². The van der Waals surface area contributed by atoms with Gasteiger partial charge in [-0.15, -0.1) is 0 Å². The number of halogens is 1. The maximum atomic E-state index is 13.7. The van der Waals surface area contributed by atoms with Crippen LogP contribution in [0, 0.1) is 5.82 Å². The summed E-state index contributed by atoms with van der Waals surface area (Å²) in [4.78, 5) is 28.2.